The van der Waals surface area contributed by atoms with Crippen LogP contribution in [0.4, 0.5) is 30.8 Å². The second kappa shape index (κ2) is 6.89. The molecule has 2 N–H and O–H groups in total. The first-order valence-corrected chi connectivity index (χ1v) is 8.12. The predicted octanol–water partition coefficient (Wildman–Crippen LogP) is 3.55. The Labute approximate surface area is 161 Å². The Morgan fingerprint density at radius 3 is 2.55 bits per heavy atom. The first kappa shape index (κ1) is 18.4. The van der Waals surface area contributed by atoms with E-state index in [1.54, 1.807) is 12.1 Å². The normalized spacial score (nSPS) is 11.6. The Bertz CT molecular complexity index is 1140. The molecule has 0 aliphatic rings. The molecule has 0 atom stereocenters. The van der Waals surface area contributed by atoms with Crippen molar-refractivity contribution in [2.24, 2.45) is 0 Å². The van der Waals surface area contributed by atoms with Gasteiger partial charge in [0.1, 0.15) is 0 Å². The van der Waals surface area contributed by atoms with E-state index < -0.39 is 11.7 Å². The fraction of sp³-hybridized carbons (Fsp3) is 0.118. The van der Waals surface area contributed by atoms with Gasteiger partial charge in [-0.05, 0) is 30.3 Å². The molecule has 0 bridgehead atoms. The van der Waals surface area contributed by atoms with E-state index in [2.05, 4.69) is 25.1 Å². The Morgan fingerprint density at radius 1 is 1.00 bits per heavy atom. The SMILES string of the molecule is CN(c1cccc(C(F)(F)F)c1)c1nc(N)nc(-c2noc(-c3ccco3)n2)n1. The third-order valence-corrected chi connectivity index (χ3v) is 3.86. The second-order valence-electron chi connectivity index (χ2n) is 5.82. The monoisotopic (exact) mass is 403 g/mol. The summed E-state index contributed by atoms with van der Waals surface area (Å²) in [6.07, 6.45) is -3.03. The van der Waals surface area contributed by atoms with Crippen LogP contribution in [0.1, 0.15) is 5.56 Å². The summed E-state index contributed by atoms with van der Waals surface area (Å²) in [5.74, 6) is 0.324. The molecule has 0 unspecified atom stereocenters. The van der Waals surface area contributed by atoms with Gasteiger partial charge < -0.3 is 19.6 Å². The lowest BCUT2D eigenvalue weighted by atomic mass is 10.2. The van der Waals surface area contributed by atoms with Crippen molar-refractivity contribution in [3.05, 3.63) is 48.2 Å². The molecular formula is C17H12F3N7O2. The van der Waals surface area contributed by atoms with Gasteiger partial charge in [0.25, 0.3) is 5.89 Å². The molecule has 0 saturated carbocycles. The van der Waals surface area contributed by atoms with Crippen molar-refractivity contribution in [3.63, 3.8) is 0 Å². The van der Waals surface area contributed by atoms with E-state index >= 15 is 0 Å². The molecule has 29 heavy (non-hydrogen) atoms. The highest BCUT2D eigenvalue weighted by molar-refractivity contribution is 5.60. The van der Waals surface area contributed by atoms with Crippen LogP contribution < -0.4 is 10.6 Å². The zero-order valence-electron chi connectivity index (χ0n) is 14.8. The van der Waals surface area contributed by atoms with Gasteiger partial charge in [0, 0.05) is 12.7 Å². The molecule has 0 aliphatic heterocycles. The molecular weight excluding hydrogens is 391 g/mol. The summed E-state index contributed by atoms with van der Waals surface area (Å²) >= 11 is 0. The average Bonchev–Trinajstić information content (AvgIpc) is 3.38. The number of halogens is 3. The van der Waals surface area contributed by atoms with Gasteiger partial charge in [-0.3, -0.25) is 0 Å². The molecule has 3 aromatic heterocycles. The van der Waals surface area contributed by atoms with Gasteiger partial charge in [-0.2, -0.15) is 33.1 Å². The molecule has 0 radical (unpaired) electrons. The summed E-state index contributed by atoms with van der Waals surface area (Å²) in [4.78, 5) is 17.6. The van der Waals surface area contributed by atoms with Gasteiger partial charge >= 0.3 is 6.18 Å². The molecule has 0 saturated heterocycles. The van der Waals surface area contributed by atoms with Crippen LogP contribution in [-0.2, 0) is 6.18 Å². The Hall–Kier alpha value is -3.96. The van der Waals surface area contributed by atoms with E-state index in [0.29, 0.717) is 5.76 Å². The number of benzene rings is 1. The maximum Gasteiger partial charge on any atom is 0.416 e. The number of hydrogen-bond donors (Lipinski definition) is 1. The van der Waals surface area contributed by atoms with Gasteiger partial charge in [-0.25, -0.2) is 0 Å². The zero-order chi connectivity index (χ0) is 20.6. The maximum absolute atomic E-state index is 13.0. The highest BCUT2D eigenvalue weighted by Gasteiger charge is 2.31. The fourth-order valence-electron chi connectivity index (χ4n) is 2.45. The van der Waals surface area contributed by atoms with Crippen LogP contribution in [0.15, 0.2) is 51.6 Å². The van der Waals surface area contributed by atoms with E-state index in [4.69, 9.17) is 14.7 Å². The summed E-state index contributed by atoms with van der Waals surface area (Å²) in [5, 5.41) is 3.78. The van der Waals surface area contributed by atoms with Crippen LogP contribution in [0.5, 0.6) is 0 Å². The molecule has 4 rings (SSSR count). The molecule has 0 aliphatic carbocycles. The van der Waals surface area contributed by atoms with Crippen molar-refractivity contribution in [2.75, 3.05) is 17.7 Å². The number of hydrogen-bond acceptors (Lipinski definition) is 9. The van der Waals surface area contributed by atoms with Crippen molar-refractivity contribution in [2.45, 2.75) is 6.18 Å². The van der Waals surface area contributed by atoms with Crippen LogP contribution in [0, 0.1) is 0 Å². The number of nitrogens with zero attached hydrogens (tertiary/aromatic N) is 6. The zero-order valence-corrected chi connectivity index (χ0v) is 14.8. The summed E-state index contributed by atoms with van der Waals surface area (Å²) in [5.41, 5.74) is 5.15. The number of aromatic nitrogens is 5. The Morgan fingerprint density at radius 2 is 1.83 bits per heavy atom. The first-order valence-electron chi connectivity index (χ1n) is 8.12. The fourth-order valence-corrected chi connectivity index (χ4v) is 2.45. The van der Waals surface area contributed by atoms with Crippen molar-refractivity contribution in [1.29, 1.82) is 0 Å². The number of alkyl halides is 3. The number of furan rings is 1. The maximum atomic E-state index is 13.0. The smallest absolute Gasteiger partial charge is 0.416 e. The van der Waals surface area contributed by atoms with Gasteiger partial charge in [-0.1, -0.05) is 11.2 Å². The molecule has 9 nitrogen and oxygen atoms in total. The van der Waals surface area contributed by atoms with Gasteiger partial charge in [0.05, 0.1) is 11.8 Å². The average molecular weight is 403 g/mol. The van der Waals surface area contributed by atoms with E-state index in [1.807, 2.05) is 0 Å². The predicted molar refractivity (Wildman–Crippen MR) is 94.7 cm³/mol. The van der Waals surface area contributed by atoms with Crippen LogP contribution in [0.2, 0.25) is 0 Å². The minimum absolute atomic E-state index is 0.00659. The molecule has 0 fully saturated rings. The number of nitrogens with two attached hydrogens (primary N) is 1. The molecule has 4 aromatic rings. The largest absolute Gasteiger partial charge is 0.459 e. The van der Waals surface area contributed by atoms with E-state index in [9.17, 15) is 13.2 Å². The summed E-state index contributed by atoms with van der Waals surface area (Å²) in [6.45, 7) is 0. The summed E-state index contributed by atoms with van der Waals surface area (Å²) in [6, 6.07) is 8.00. The number of rotatable bonds is 4. The third kappa shape index (κ3) is 3.72. The molecule has 0 amide bonds. The van der Waals surface area contributed by atoms with Gasteiger partial charge in [-0.15, -0.1) is 0 Å². The third-order valence-electron chi connectivity index (χ3n) is 3.86. The summed E-state index contributed by atoms with van der Waals surface area (Å²) < 4.78 is 49.2. The molecule has 1 aromatic carbocycles. The highest BCUT2D eigenvalue weighted by atomic mass is 19.4. The molecule has 0 spiro atoms. The number of nitrogen functional groups attached to an aromatic ring is 1. The number of anilines is 3. The minimum atomic E-state index is -4.48. The van der Waals surface area contributed by atoms with E-state index in [1.165, 1.54) is 30.3 Å². The van der Waals surface area contributed by atoms with Crippen LogP contribution in [-0.4, -0.2) is 32.1 Å². The van der Waals surface area contributed by atoms with Gasteiger partial charge in [0.2, 0.25) is 23.5 Å². The van der Waals surface area contributed by atoms with Crippen molar-refractivity contribution >= 4 is 17.6 Å². The van der Waals surface area contributed by atoms with Crippen LogP contribution in [0.25, 0.3) is 23.3 Å². The second-order valence-corrected chi connectivity index (χ2v) is 5.82. The lowest BCUT2D eigenvalue weighted by Gasteiger charge is -2.19. The van der Waals surface area contributed by atoms with E-state index in [0.717, 1.165) is 12.1 Å². The lowest BCUT2D eigenvalue weighted by molar-refractivity contribution is -0.137. The van der Waals surface area contributed by atoms with Crippen LogP contribution in [0.3, 0.4) is 0 Å². The minimum Gasteiger partial charge on any atom is -0.459 e. The topological polar surface area (TPSA) is 120 Å². The first-order chi connectivity index (χ1) is 13.8. The Balaban J connectivity index is 1.69. The van der Waals surface area contributed by atoms with E-state index in [-0.39, 0.29) is 35.1 Å². The van der Waals surface area contributed by atoms with Crippen molar-refractivity contribution < 1.29 is 22.1 Å². The molecule has 148 valence electrons. The van der Waals surface area contributed by atoms with Crippen molar-refractivity contribution in [1.82, 2.24) is 25.1 Å². The quantitative estimate of drug-likeness (QED) is 0.545. The highest BCUT2D eigenvalue weighted by Crippen LogP contribution is 2.33. The van der Waals surface area contributed by atoms with Crippen molar-refractivity contribution in [3.8, 4) is 23.3 Å². The van der Waals surface area contributed by atoms with Gasteiger partial charge in [0.15, 0.2) is 5.76 Å². The summed E-state index contributed by atoms with van der Waals surface area (Å²) in [7, 11) is 1.50. The lowest BCUT2D eigenvalue weighted by Crippen LogP contribution is -2.16. The van der Waals surface area contributed by atoms with Crippen LogP contribution >= 0.6 is 0 Å². The molecule has 12 heteroatoms. The molecule has 3 heterocycles. The Kier molecular flexibility index (Phi) is 4.37. The standard InChI is InChI=1S/C17H12F3N7O2/c1-27(10-5-2-4-9(8-10)17(18,19)20)16-24-12(23-15(21)25-16)13-22-14(29-26-13)11-6-3-7-28-11/h2-8H,1H3,(H2,21,23,24,25).